The molecule has 1 aromatic carbocycles. The van der Waals surface area contributed by atoms with E-state index in [1.165, 1.54) is 5.56 Å². The Kier molecular flexibility index (Phi) is 8.57. The number of nitrogens with one attached hydrogen (secondary N) is 1. The Bertz CT molecular complexity index is 219. The maximum Gasteiger partial charge on any atom is 0.0716 e. The molecule has 14 heavy (non-hydrogen) atoms. The molecule has 0 aliphatic heterocycles. The smallest absolute Gasteiger partial charge is 0.0716 e. The Labute approximate surface area is 90.5 Å². The van der Waals surface area contributed by atoms with Crippen LogP contribution in [0.5, 0.6) is 0 Å². The zero-order valence-electron chi connectivity index (χ0n) is 7.98. The molecule has 1 rings (SSSR count). The van der Waals surface area contributed by atoms with Gasteiger partial charge in [-0.05, 0) is 12.0 Å². The highest BCUT2D eigenvalue weighted by Crippen LogP contribution is 2.00. The highest BCUT2D eigenvalue weighted by Gasteiger charge is 1.90. The number of rotatable bonds is 6. The quantitative estimate of drug-likeness (QED) is 0.566. The van der Waals surface area contributed by atoms with Gasteiger partial charge in [0, 0.05) is 13.2 Å². The largest absolute Gasteiger partial charge is 0.377 e. The number of benzene rings is 1. The highest BCUT2D eigenvalue weighted by atomic mass is 35.5. The van der Waals surface area contributed by atoms with Gasteiger partial charge in [0.1, 0.15) is 0 Å². The lowest BCUT2D eigenvalue weighted by Gasteiger charge is -2.03. The summed E-state index contributed by atoms with van der Waals surface area (Å²) in [5.74, 6) is 0. The van der Waals surface area contributed by atoms with Crippen LogP contribution in [0.1, 0.15) is 12.0 Å². The van der Waals surface area contributed by atoms with E-state index in [0.29, 0.717) is 19.8 Å². The second-order valence-electron chi connectivity index (χ2n) is 2.80. The Morgan fingerprint density at radius 3 is 2.57 bits per heavy atom. The first-order valence-corrected chi connectivity index (χ1v) is 4.42. The standard InChI is InChI=1S/C10H15NO2.ClH/c12-11-7-4-8-13-9-10-5-2-1-3-6-10;/h1-3,5-6,11-12H,4,7-9H2;1H. The van der Waals surface area contributed by atoms with Crippen molar-refractivity contribution in [2.45, 2.75) is 13.0 Å². The average Bonchev–Trinajstić information content (AvgIpc) is 2.19. The summed E-state index contributed by atoms with van der Waals surface area (Å²) in [7, 11) is 0. The summed E-state index contributed by atoms with van der Waals surface area (Å²) < 4.78 is 5.37. The second kappa shape index (κ2) is 8.97. The summed E-state index contributed by atoms with van der Waals surface area (Å²) in [4.78, 5) is 0. The molecule has 3 nitrogen and oxygen atoms in total. The van der Waals surface area contributed by atoms with Gasteiger partial charge >= 0.3 is 0 Å². The lowest BCUT2D eigenvalue weighted by molar-refractivity contribution is 0.101. The molecular weight excluding hydrogens is 202 g/mol. The van der Waals surface area contributed by atoms with E-state index < -0.39 is 0 Å². The van der Waals surface area contributed by atoms with E-state index in [9.17, 15) is 0 Å². The summed E-state index contributed by atoms with van der Waals surface area (Å²) >= 11 is 0. The molecule has 0 heterocycles. The van der Waals surface area contributed by atoms with E-state index in [4.69, 9.17) is 9.94 Å². The van der Waals surface area contributed by atoms with Crippen molar-refractivity contribution in [1.82, 2.24) is 5.48 Å². The Morgan fingerprint density at radius 2 is 1.93 bits per heavy atom. The van der Waals surface area contributed by atoms with Crippen LogP contribution in [0, 0.1) is 0 Å². The minimum absolute atomic E-state index is 0. The van der Waals surface area contributed by atoms with E-state index in [1.54, 1.807) is 0 Å². The van der Waals surface area contributed by atoms with Gasteiger partial charge in [-0.2, -0.15) is 0 Å². The van der Waals surface area contributed by atoms with Crippen LogP contribution in [0.25, 0.3) is 0 Å². The molecule has 0 aliphatic rings. The van der Waals surface area contributed by atoms with Gasteiger partial charge in [0.05, 0.1) is 6.61 Å². The van der Waals surface area contributed by atoms with Gasteiger partial charge in [0.15, 0.2) is 0 Å². The molecule has 0 unspecified atom stereocenters. The third-order valence-electron chi connectivity index (χ3n) is 1.69. The molecular formula is C10H16ClNO2. The Hall–Kier alpha value is -0.610. The van der Waals surface area contributed by atoms with Crippen molar-refractivity contribution < 1.29 is 9.94 Å². The maximum absolute atomic E-state index is 8.28. The van der Waals surface area contributed by atoms with Crippen LogP contribution in [0.2, 0.25) is 0 Å². The zero-order chi connectivity index (χ0) is 9.36. The fraction of sp³-hybridized carbons (Fsp3) is 0.400. The van der Waals surface area contributed by atoms with Crippen LogP contribution in [-0.2, 0) is 11.3 Å². The molecule has 0 spiro atoms. The molecule has 0 aliphatic carbocycles. The van der Waals surface area contributed by atoms with E-state index in [0.717, 1.165) is 6.42 Å². The molecule has 0 fully saturated rings. The van der Waals surface area contributed by atoms with Gasteiger partial charge in [0.25, 0.3) is 0 Å². The predicted octanol–water partition coefficient (Wildman–Crippen LogP) is 1.99. The summed E-state index contributed by atoms with van der Waals surface area (Å²) in [6.07, 6.45) is 0.823. The highest BCUT2D eigenvalue weighted by molar-refractivity contribution is 5.85. The predicted molar refractivity (Wildman–Crippen MR) is 57.8 cm³/mol. The first kappa shape index (κ1) is 13.4. The van der Waals surface area contributed by atoms with Gasteiger partial charge in [-0.25, -0.2) is 5.48 Å². The fourth-order valence-electron chi connectivity index (χ4n) is 1.02. The van der Waals surface area contributed by atoms with Gasteiger partial charge in [-0.15, -0.1) is 12.4 Å². The van der Waals surface area contributed by atoms with E-state index >= 15 is 0 Å². The van der Waals surface area contributed by atoms with Gasteiger partial charge in [-0.1, -0.05) is 30.3 Å². The third-order valence-corrected chi connectivity index (χ3v) is 1.69. The van der Waals surface area contributed by atoms with Crippen LogP contribution in [0.3, 0.4) is 0 Å². The molecule has 2 N–H and O–H groups in total. The van der Waals surface area contributed by atoms with Crippen LogP contribution in [0.15, 0.2) is 30.3 Å². The third kappa shape index (κ3) is 5.94. The average molecular weight is 218 g/mol. The van der Waals surface area contributed by atoms with Crippen molar-refractivity contribution >= 4 is 12.4 Å². The molecule has 0 atom stereocenters. The van der Waals surface area contributed by atoms with Gasteiger partial charge in [0.2, 0.25) is 0 Å². The summed E-state index contributed by atoms with van der Waals surface area (Å²) in [6, 6.07) is 10.0. The molecule has 0 aromatic heterocycles. The lowest BCUT2D eigenvalue weighted by atomic mass is 10.2. The van der Waals surface area contributed by atoms with Crippen molar-refractivity contribution in [1.29, 1.82) is 0 Å². The normalized spacial score (nSPS) is 9.50. The van der Waals surface area contributed by atoms with E-state index in [2.05, 4.69) is 5.48 Å². The second-order valence-corrected chi connectivity index (χ2v) is 2.80. The topological polar surface area (TPSA) is 41.5 Å². The number of halogens is 1. The molecule has 0 radical (unpaired) electrons. The van der Waals surface area contributed by atoms with Crippen molar-refractivity contribution in [3.63, 3.8) is 0 Å². The molecule has 80 valence electrons. The molecule has 0 saturated carbocycles. The number of hydrogen-bond acceptors (Lipinski definition) is 3. The Morgan fingerprint density at radius 1 is 1.21 bits per heavy atom. The first-order valence-electron chi connectivity index (χ1n) is 4.42. The first-order chi connectivity index (χ1) is 6.43. The fourth-order valence-corrected chi connectivity index (χ4v) is 1.02. The maximum atomic E-state index is 8.28. The molecule has 0 amide bonds. The van der Waals surface area contributed by atoms with E-state index in [1.807, 2.05) is 30.3 Å². The van der Waals surface area contributed by atoms with Crippen molar-refractivity contribution in [3.05, 3.63) is 35.9 Å². The zero-order valence-corrected chi connectivity index (χ0v) is 8.80. The van der Waals surface area contributed by atoms with Crippen LogP contribution in [-0.4, -0.2) is 18.4 Å². The van der Waals surface area contributed by atoms with Crippen LogP contribution in [0.4, 0.5) is 0 Å². The van der Waals surface area contributed by atoms with Crippen LogP contribution < -0.4 is 5.48 Å². The lowest BCUT2D eigenvalue weighted by Crippen LogP contribution is -2.11. The van der Waals surface area contributed by atoms with Crippen LogP contribution >= 0.6 is 12.4 Å². The summed E-state index contributed by atoms with van der Waals surface area (Å²) in [5, 5.41) is 8.28. The monoisotopic (exact) mass is 217 g/mol. The van der Waals surface area contributed by atoms with Gasteiger partial charge in [-0.3, -0.25) is 0 Å². The summed E-state index contributed by atoms with van der Waals surface area (Å²) in [6.45, 7) is 1.89. The SMILES string of the molecule is Cl.ONCCCOCc1ccccc1. The molecule has 0 bridgehead atoms. The molecule has 4 heteroatoms. The van der Waals surface area contributed by atoms with E-state index in [-0.39, 0.29) is 12.4 Å². The molecule has 1 aromatic rings. The van der Waals surface area contributed by atoms with Crippen molar-refractivity contribution in [3.8, 4) is 0 Å². The molecule has 0 saturated heterocycles. The number of hydroxylamine groups is 1. The summed E-state index contributed by atoms with van der Waals surface area (Å²) in [5.41, 5.74) is 3.27. The number of ether oxygens (including phenoxy) is 1. The van der Waals surface area contributed by atoms with Crippen molar-refractivity contribution in [2.24, 2.45) is 0 Å². The minimum Gasteiger partial charge on any atom is -0.377 e. The van der Waals surface area contributed by atoms with Gasteiger partial charge < -0.3 is 9.94 Å². The van der Waals surface area contributed by atoms with Crippen molar-refractivity contribution in [2.75, 3.05) is 13.2 Å². The number of hydrogen-bond donors (Lipinski definition) is 2. The Balaban J connectivity index is 0.00000169. The minimum atomic E-state index is 0.